The van der Waals surface area contributed by atoms with Crippen LogP contribution in [0.3, 0.4) is 0 Å². The molecule has 6 nitrogen and oxygen atoms in total. The van der Waals surface area contributed by atoms with E-state index in [4.69, 9.17) is 10.5 Å². The minimum atomic E-state index is -0.0617. The number of carbonyl (C=O) groups is 1. The number of hydrogen-bond donors (Lipinski definition) is 3. The van der Waals surface area contributed by atoms with E-state index in [1.807, 2.05) is 13.0 Å². The lowest BCUT2D eigenvalue weighted by molar-refractivity contribution is 0.0927. The Morgan fingerprint density at radius 3 is 2.66 bits per heavy atom. The minimum Gasteiger partial charge on any atom is -0.493 e. The minimum absolute atomic E-state index is 0.0617. The molecule has 0 saturated heterocycles. The third-order valence-electron chi connectivity index (χ3n) is 6.81. The van der Waals surface area contributed by atoms with Crippen molar-refractivity contribution in [2.75, 3.05) is 6.61 Å². The Balaban J connectivity index is 1.49. The fraction of sp³-hybridized carbons (Fsp3) is 0.462. The number of nitrogens with two attached hydrogens (primary N) is 1. The fourth-order valence-corrected chi connectivity index (χ4v) is 4.70. The number of fused-ring (bicyclic) bond motifs is 1. The summed E-state index contributed by atoms with van der Waals surface area (Å²) >= 11 is 0. The molecular weight excluding hydrogens is 400 g/mol. The summed E-state index contributed by atoms with van der Waals surface area (Å²) in [6.07, 6.45) is 8.06. The Labute approximate surface area is 188 Å². The van der Waals surface area contributed by atoms with Gasteiger partial charge in [0.2, 0.25) is 0 Å². The molecule has 2 fully saturated rings. The first-order valence-corrected chi connectivity index (χ1v) is 11.8. The molecule has 1 amide bonds. The number of pyridine rings is 1. The van der Waals surface area contributed by atoms with Gasteiger partial charge < -0.3 is 20.8 Å². The van der Waals surface area contributed by atoms with Crippen LogP contribution in [0.15, 0.2) is 30.5 Å². The van der Waals surface area contributed by atoms with E-state index < -0.39 is 0 Å². The average Bonchev–Trinajstić information content (AvgIpc) is 3.54. The van der Waals surface area contributed by atoms with Gasteiger partial charge in [-0.1, -0.05) is 11.6 Å². The highest BCUT2D eigenvalue weighted by molar-refractivity contribution is 6.09. The number of nitrogens with one attached hydrogen (secondary N) is 2. The summed E-state index contributed by atoms with van der Waals surface area (Å²) in [4.78, 5) is 21.3. The van der Waals surface area contributed by atoms with Gasteiger partial charge in [-0.3, -0.25) is 9.78 Å². The lowest BCUT2D eigenvalue weighted by Crippen LogP contribution is -2.40. The van der Waals surface area contributed by atoms with Crippen LogP contribution in [0.4, 0.5) is 0 Å². The molecular formula is C26H32N4O2. The first-order chi connectivity index (χ1) is 15.5. The topological polar surface area (TPSA) is 93.0 Å². The number of rotatable bonds is 6. The van der Waals surface area contributed by atoms with Crippen molar-refractivity contribution in [2.45, 2.75) is 64.5 Å². The Morgan fingerprint density at radius 2 is 1.91 bits per heavy atom. The number of H-pyrrole nitrogens is 1. The second-order valence-electron chi connectivity index (χ2n) is 9.55. The van der Waals surface area contributed by atoms with E-state index in [-0.39, 0.29) is 18.0 Å². The molecule has 2 saturated carbocycles. The Kier molecular flexibility index (Phi) is 5.64. The molecule has 0 atom stereocenters. The summed E-state index contributed by atoms with van der Waals surface area (Å²) in [5.41, 5.74) is 12.3. The molecule has 0 bridgehead atoms. The maximum atomic E-state index is 13.2. The van der Waals surface area contributed by atoms with Crippen molar-refractivity contribution in [1.82, 2.24) is 15.3 Å². The smallest absolute Gasteiger partial charge is 0.255 e. The molecule has 0 spiro atoms. The molecule has 2 heterocycles. The van der Waals surface area contributed by atoms with Gasteiger partial charge in [-0.2, -0.15) is 0 Å². The quantitative estimate of drug-likeness (QED) is 0.529. The molecule has 1 aromatic carbocycles. The zero-order valence-corrected chi connectivity index (χ0v) is 18.9. The van der Waals surface area contributed by atoms with E-state index in [0.717, 1.165) is 60.4 Å². The van der Waals surface area contributed by atoms with Gasteiger partial charge in [0.05, 0.1) is 17.7 Å². The van der Waals surface area contributed by atoms with Gasteiger partial charge in [0.15, 0.2) is 0 Å². The molecule has 0 aliphatic heterocycles. The van der Waals surface area contributed by atoms with Gasteiger partial charge in [0.1, 0.15) is 11.3 Å². The van der Waals surface area contributed by atoms with Crippen LogP contribution in [0.1, 0.15) is 60.1 Å². The predicted molar refractivity (Wildman–Crippen MR) is 127 cm³/mol. The number of ether oxygens (including phenoxy) is 1. The maximum Gasteiger partial charge on any atom is 0.255 e. The van der Waals surface area contributed by atoms with Crippen molar-refractivity contribution in [3.05, 3.63) is 47.3 Å². The van der Waals surface area contributed by atoms with E-state index in [0.29, 0.717) is 17.0 Å². The van der Waals surface area contributed by atoms with E-state index in [2.05, 4.69) is 40.4 Å². The molecule has 32 heavy (non-hydrogen) atoms. The second-order valence-corrected chi connectivity index (χ2v) is 9.55. The van der Waals surface area contributed by atoms with E-state index >= 15 is 0 Å². The second kappa shape index (κ2) is 8.58. The van der Waals surface area contributed by atoms with Gasteiger partial charge in [0.25, 0.3) is 5.91 Å². The van der Waals surface area contributed by atoms with Crippen LogP contribution in [-0.2, 0) is 0 Å². The number of aromatic amines is 1. The highest BCUT2D eigenvalue weighted by Gasteiger charge is 2.26. The largest absolute Gasteiger partial charge is 0.493 e. The van der Waals surface area contributed by atoms with Crippen molar-refractivity contribution >= 4 is 16.9 Å². The highest BCUT2D eigenvalue weighted by Crippen LogP contribution is 2.38. The number of aromatic nitrogens is 2. The SMILES string of the molecule is Cc1ccc(OCC2CC2)c(-c2ccnc3c(C(=O)NC4CCC(N)CC4)c(C)[nH]c23)c1. The third kappa shape index (κ3) is 4.24. The zero-order valence-electron chi connectivity index (χ0n) is 18.9. The molecule has 0 unspecified atom stereocenters. The van der Waals surface area contributed by atoms with Crippen LogP contribution in [0.25, 0.3) is 22.2 Å². The summed E-state index contributed by atoms with van der Waals surface area (Å²) in [5.74, 6) is 1.50. The summed E-state index contributed by atoms with van der Waals surface area (Å²) in [5, 5.41) is 3.22. The molecule has 6 heteroatoms. The summed E-state index contributed by atoms with van der Waals surface area (Å²) < 4.78 is 6.19. The van der Waals surface area contributed by atoms with Gasteiger partial charge in [-0.05, 0) is 76.5 Å². The molecule has 168 valence electrons. The molecule has 4 N–H and O–H groups in total. The Bertz CT molecular complexity index is 1140. The highest BCUT2D eigenvalue weighted by atomic mass is 16.5. The van der Waals surface area contributed by atoms with Gasteiger partial charge >= 0.3 is 0 Å². The van der Waals surface area contributed by atoms with Crippen molar-refractivity contribution in [3.8, 4) is 16.9 Å². The maximum absolute atomic E-state index is 13.2. The number of benzene rings is 1. The normalized spacial score (nSPS) is 21.0. The van der Waals surface area contributed by atoms with Gasteiger partial charge in [-0.15, -0.1) is 0 Å². The third-order valence-corrected chi connectivity index (χ3v) is 6.81. The lowest BCUT2D eigenvalue weighted by Gasteiger charge is -2.26. The van der Waals surface area contributed by atoms with E-state index in [1.54, 1.807) is 6.20 Å². The van der Waals surface area contributed by atoms with Crippen LogP contribution >= 0.6 is 0 Å². The first-order valence-electron chi connectivity index (χ1n) is 11.8. The monoisotopic (exact) mass is 432 g/mol. The van der Waals surface area contributed by atoms with Gasteiger partial charge in [-0.25, -0.2) is 0 Å². The number of amides is 1. The Morgan fingerprint density at radius 1 is 1.12 bits per heavy atom. The van der Waals surface area contributed by atoms with E-state index in [9.17, 15) is 4.79 Å². The predicted octanol–water partition coefficient (Wildman–Crippen LogP) is 4.64. The number of aryl methyl sites for hydroxylation is 2. The molecule has 0 radical (unpaired) electrons. The molecule has 5 rings (SSSR count). The van der Waals surface area contributed by atoms with Gasteiger partial charge in [0, 0.05) is 35.1 Å². The Hall–Kier alpha value is -2.86. The fourth-order valence-electron chi connectivity index (χ4n) is 4.70. The lowest BCUT2D eigenvalue weighted by atomic mass is 9.91. The van der Waals surface area contributed by atoms with E-state index in [1.165, 1.54) is 18.4 Å². The number of hydrogen-bond acceptors (Lipinski definition) is 4. The number of carbonyl (C=O) groups excluding carboxylic acids is 1. The zero-order chi connectivity index (χ0) is 22.2. The van der Waals surface area contributed by atoms with Crippen molar-refractivity contribution in [3.63, 3.8) is 0 Å². The average molecular weight is 433 g/mol. The molecule has 3 aromatic rings. The van der Waals surface area contributed by atoms with Crippen molar-refractivity contribution in [2.24, 2.45) is 11.7 Å². The van der Waals surface area contributed by atoms with Crippen LogP contribution in [0, 0.1) is 19.8 Å². The summed E-state index contributed by atoms with van der Waals surface area (Å²) in [6, 6.07) is 8.72. The van der Waals surface area contributed by atoms with Crippen LogP contribution < -0.4 is 15.8 Å². The van der Waals surface area contributed by atoms with Crippen molar-refractivity contribution in [1.29, 1.82) is 0 Å². The summed E-state index contributed by atoms with van der Waals surface area (Å²) in [7, 11) is 0. The molecule has 2 aliphatic rings. The number of nitrogens with zero attached hydrogens (tertiary/aromatic N) is 1. The first kappa shape index (κ1) is 21.0. The van der Waals surface area contributed by atoms with Crippen molar-refractivity contribution < 1.29 is 9.53 Å². The molecule has 2 aliphatic carbocycles. The van der Waals surface area contributed by atoms with Crippen LogP contribution in [0.5, 0.6) is 5.75 Å². The van der Waals surface area contributed by atoms with Crippen LogP contribution in [-0.4, -0.2) is 34.6 Å². The van der Waals surface area contributed by atoms with Crippen LogP contribution in [0.2, 0.25) is 0 Å². The standard InChI is InChI=1S/C26H32N4O2/c1-15-3-10-22(32-14-17-4-5-17)21(13-15)20-11-12-28-25-23(16(2)29-24(20)25)26(31)30-19-8-6-18(27)7-9-19/h3,10-13,17-19,29H,4-9,14,27H2,1-2H3,(H,30,31). The summed E-state index contributed by atoms with van der Waals surface area (Å²) in [6.45, 7) is 4.78. The molecule has 2 aromatic heterocycles.